The molecule has 0 radical (unpaired) electrons. The van der Waals surface area contributed by atoms with Gasteiger partial charge in [-0.2, -0.15) is 18.2 Å². The molecule has 0 aliphatic heterocycles. The van der Waals surface area contributed by atoms with Crippen molar-refractivity contribution in [2.45, 2.75) is 12.6 Å². The Balaban J connectivity index is 1.93. The molecule has 0 atom stereocenters. The summed E-state index contributed by atoms with van der Waals surface area (Å²) in [6.45, 7) is 0.295. The fourth-order valence-corrected chi connectivity index (χ4v) is 1.19. The minimum absolute atomic E-state index is 0.0932. The van der Waals surface area contributed by atoms with Gasteiger partial charge in [0.2, 0.25) is 11.8 Å². The van der Waals surface area contributed by atoms with E-state index in [9.17, 15) is 13.2 Å². The highest BCUT2D eigenvalue weighted by molar-refractivity contribution is 5.25. The average Bonchev–Trinajstić information content (AvgIpc) is 2.81. The number of nitrogens with one attached hydrogen (secondary N) is 1. The Labute approximate surface area is 99.3 Å². The molecule has 0 aromatic carbocycles. The van der Waals surface area contributed by atoms with Crippen molar-refractivity contribution in [3.63, 3.8) is 0 Å². The number of alkyl halides is 3. The smallest absolute Gasteiger partial charge is 0.354 e. The van der Waals surface area contributed by atoms with E-state index >= 15 is 0 Å². The van der Waals surface area contributed by atoms with Gasteiger partial charge in [0.1, 0.15) is 5.69 Å². The van der Waals surface area contributed by atoms with E-state index in [-0.39, 0.29) is 5.95 Å². The summed E-state index contributed by atoms with van der Waals surface area (Å²) in [6, 6.07) is 0.809. The molecule has 2 aromatic heterocycles. The second-order valence-corrected chi connectivity index (χ2v) is 3.28. The zero-order valence-electron chi connectivity index (χ0n) is 8.98. The van der Waals surface area contributed by atoms with Crippen molar-refractivity contribution < 1.29 is 17.7 Å². The topological polar surface area (TPSA) is 76.7 Å². The molecule has 2 heterocycles. The Morgan fingerprint density at radius 3 is 2.78 bits per heavy atom. The molecule has 0 saturated heterocycles. The van der Waals surface area contributed by atoms with E-state index in [2.05, 4.69) is 25.4 Å². The van der Waals surface area contributed by atoms with Crippen LogP contribution < -0.4 is 5.32 Å². The molecular formula is C9H8F3N5O. The molecule has 0 spiro atoms. The summed E-state index contributed by atoms with van der Waals surface area (Å²) in [7, 11) is 0. The highest BCUT2D eigenvalue weighted by atomic mass is 19.4. The van der Waals surface area contributed by atoms with Crippen LogP contribution in [0, 0.1) is 0 Å². The average molecular weight is 259 g/mol. The predicted octanol–water partition coefficient (Wildman–Crippen LogP) is 1.53. The zero-order valence-corrected chi connectivity index (χ0v) is 8.98. The van der Waals surface area contributed by atoms with Crippen LogP contribution in [0.15, 0.2) is 23.1 Å². The molecule has 1 N–H and O–H groups in total. The van der Waals surface area contributed by atoms with Crippen molar-refractivity contribution in [3.8, 4) is 0 Å². The van der Waals surface area contributed by atoms with E-state index in [4.69, 9.17) is 4.52 Å². The Hall–Kier alpha value is -2.19. The Bertz CT molecular complexity index is 499. The van der Waals surface area contributed by atoms with Crippen LogP contribution in [0.3, 0.4) is 0 Å². The van der Waals surface area contributed by atoms with Crippen LogP contribution in [0.4, 0.5) is 19.1 Å². The first-order valence-corrected chi connectivity index (χ1v) is 4.95. The van der Waals surface area contributed by atoms with E-state index in [0.29, 0.717) is 18.9 Å². The lowest BCUT2D eigenvalue weighted by molar-refractivity contribution is -0.141. The van der Waals surface area contributed by atoms with Crippen molar-refractivity contribution in [1.82, 2.24) is 20.1 Å². The molecule has 0 unspecified atom stereocenters. The molecule has 0 fully saturated rings. The highest BCUT2D eigenvalue weighted by Gasteiger charge is 2.32. The van der Waals surface area contributed by atoms with Crippen molar-refractivity contribution in [3.05, 3.63) is 30.2 Å². The van der Waals surface area contributed by atoms with Crippen LogP contribution in [0.5, 0.6) is 0 Å². The molecule has 18 heavy (non-hydrogen) atoms. The largest absolute Gasteiger partial charge is 0.433 e. The Morgan fingerprint density at radius 1 is 1.28 bits per heavy atom. The summed E-state index contributed by atoms with van der Waals surface area (Å²) in [5, 5.41) is 6.05. The highest BCUT2D eigenvalue weighted by Crippen LogP contribution is 2.27. The van der Waals surface area contributed by atoms with Crippen LogP contribution in [-0.2, 0) is 12.6 Å². The standard InChI is InChI=1S/C9H8F3N5O/c10-9(11,12)6-1-3-13-8(17-6)14-4-2-7-15-5-16-18-7/h1,3,5H,2,4H2,(H,13,14,17). The third kappa shape index (κ3) is 3.15. The number of nitrogens with zero attached hydrogens (tertiary/aromatic N) is 4. The summed E-state index contributed by atoms with van der Waals surface area (Å²) in [5.74, 6) is 0.291. The third-order valence-electron chi connectivity index (χ3n) is 1.97. The Kier molecular flexibility index (Phi) is 3.40. The van der Waals surface area contributed by atoms with Crippen LogP contribution in [-0.4, -0.2) is 26.7 Å². The molecule has 0 bridgehead atoms. The normalized spacial score (nSPS) is 11.5. The fourth-order valence-electron chi connectivity index (χ4n) is 1.19. The SMILES string of the molecule is FC(F)(F)c1ccnc(NCCc2ncno2)n1. The zero-order chi connectivity index (χ0) is 13.0. The molecule has 0 aliphatic carbocycles. The van der Waals surface area contributed by atoms with Crippen LogP contribution in [0.25, 0.3) is 0 Å². The quantitative estimate of drug-likeness (QED) is 0.897. The van der Waals surface area contributed by atoms with Gasteiger partial charge in [-0.1, -0.05) is 5.16 Å². The van der Waals surface area contributed by atoms with E-state index < -0.39 is 11.9 Å². The van der Waals surface area contributed by atoms with Gasteiger partial charge < -0.3 is 9.84 Å². The minimum Gasteiger partial charge on any atom is -0.354 e. The number of halogens is 3. The summed E-state index contributed by atoms with van der Waals surface area (Å²) < 4.78 is 41.8. The summed E-state index contributed by atoms with van der Waals surface area (Å²) >= 11 is 0. The van der Waals surface area contributed by atoms with E-state index in [0.717, 1.165) is 12.3 Å². The number of rotatable bonds is 4. The van der Waals surface area contributed by atoms with E-state index in [1.54, 1.807) is 0 Å². The monoisotopic (exact) mass is 259 g/mol. The number of anilines is 1. The molecular weight excluding hydrogens is 251 g/mol. The molecule has 0 saturated carbocycles. The van der Waals surface area contributed by atoms with Crippen molar-refractivity contribution in [2.75, 3.05) is 11.9 Å². The van der Waals surface area contributed by atoms with Crippen molar-refractivity contribution in [1.29, 1.82) is 0 Å². The maximum absolute atomic E-state index is 12.4. The Morgan fingerprint density at radius 2 is 2.11 bits per heavy atom. The molecule has 9 heteroatoms. The summed E-state index contributed by atoms with van der Waals surface area (Å²) in [5.41, 5.74) is -0.988. The first-order chi connectivity index (χ1) is 8.55. The minimum atomic E-state index is -4.48. The molecule has 6 nitrogen and oxygen atoms in total. The predicted molar refractivity (Wildman–Crippen MR) is 53.5 cm³/mol. The van der Waals surface area contributed by atoms with Crippen LogP contribution >= 0.6 is 0 Å². The van der Waals surface area contributed by atoms with Gasteiger partial charge in [0.25, 0.3) is 0 Å². The van der Waals surface area contributed by atoms with Gasteiger partial charge >= 0.3 is 6.18 Å². The number of hydrogen-bond donors (Lipinski definition) is 1. The van der Waals surface area contributed by atoms with Crippen LogP contribution in [0.1, 0.15) is 11.6 Å². The molecule has 2 rings (SSSR count). The van der Waals surface area contributed by atoms with Gasteiger partial charge in [0.15, 0.2) is 6.33 Å². The summed E-state index contributed by atoms with van der Waals surface area (Å²) in [6.07, 6.45) is -1.81. The number of aromatic nitrogens is 4. The van der Waals surface area contributed by atoms with Gasteiger partial charge in [-0.3, -0.25) is 0 Å². The van der Waals surface area contributed by atoms with Gasteiger partial charge in [-0.05, 0) is 6.07 Å². The molecule has 0 aliphatic rings. The van der Waals surface area contributed by atoms with Crippen molar-refractivity contribution in [2.24, 2.45) is 0 Å². The fraction of sp³-hybridized carbons (Fsp3) is 0.333. The van der Waals surface area contributed by atoms with Crippen molar-refractivity contribution >= 4 is 5.95 Å². The molecule has 0 amide bonds. The maximum Gasteiger partial charge on any atom is 0.433 e. The summed E-state index contributed by atoms with van der Waals surface area (Å²) in [4.78, 5) is 10.8. The first-order valence-electron chi connectivity index (χ1n) is 4.95. The van der Waals surface area contributed by atoms with Crippen LogP contribution in [0.2, 0.25) is 0 Å². The lowest BCUT2D eigenvalue weighted by Crippen LogP contribution is -2.13. The second-order valence-electron chi connectivity index (χ2n) is 3.28. The van der Waals surface area contributed by atoms with Gasteiger partial charge in [0.05, 0.1) is 0 Å². The lowest BCUT2D eigenvalue weighted by atomic mass is 10.4. The van der Waals surface area contributed by atoms with Gasteiger partial charge in [-0.15, -0.1) is 0 Å². The second kappa shape index (κ2) is 4.98. The van der Waals surface area contributed by atoms with Gasteiger partial charge in [0, 0.05) is 19.2 Å². The van der Waals surface area contributed by atoms with E-state index in [1.807, 2.05) is 0 Å². The van der Waals surface area contributed by atoms with E-state index in [1.165, 1.54) is 6.33 Å². The third-order valence-corrected chi connectivity index (χ3v) is 1.97. The lowest BCUT2D eigenvalue weighted by Gasteiger charge is -2.07. The first kappa shape index (κ1) is 12.3. The molecule has 2 aromatic rings. The van der Waals surface area contributed by atoms with Gasteiger partial charge in [-0.25, -0.2) is 9.97 Å². The number of hydrogen-bond acceptors (Lipinski definition) is 6. The maximum atomic E-state index is 12.4. The molecule has 96 valence electrons.